The van der Waals surface area contributed by atoms with Gasteiger partial charge in [-0.2, -0.15) is 0 Å². The van der Waals surface area contributed by atoms with Crippen LogP contribution in [0.2, 0.25) is 0 Å². The molecule has 0 fully saturated rings. The summed E-state index contributed by atoms with van der Waals surface area (Å²) in [7, 11) is -0.743. The van der Waals surface area contributed by atoms with Crippen LogP contribution in [0.15, 0.2) is 85.1 Å². The van der Waals surface area contributed by atoms with E-state index in [1.165, 1.54) is 44.9 Å². The molecule has 0 spiro atoms. The van der Waals surface area contributed by atoms with Gasteiger partial charge in [0, 0.05) is 19.4 Å². The molecule has 0 amide bonds. The number of carbonyl (C=O) groups is 2. The number of esters is 2. The van der Waals surface area contributed by atoms with Crippen molar-refractivity contribution in [2.75, 3.05) is 40.5 Å². The number of ether oxygens (including phenoxy) is 2. The largest absolute Gasteiger partial charge is 0.472 e. The molecule has 0 rings (SSSR count). The van der Waals surface area contributed by atoms with Gasteiger partial charge in [-0.25, -0.2) is 4.57 Å². The van der Waals surface area contributed by atoms with Crippen LogP contribution >= 0.6 is 7.82 Å². The molecule has 0 aromatic heterocycles. The van der Waals surface area contributed by atoms with Crippen LogP contribution in [0.4, 0.5) is 0 Å². The van der Waals surface area contributed by atoms with Crippen molar-refractivity contribution in [2.24, 2.45) is 0 Å². The normalized spacial score (nSPS) is 14.1. The Morgan fingerprint density at radius 2 is 0.966 bits per heavy atom. The van der Waals surface area contributed by atoms with Gasteiger partial charge in [-0.05, 0) is 104 Å². The van der Waals surface area contributed by atoms with Gasteiger partial charge in [0.1, 0.15) is 6.61 Å². The van der Waals surface area contributed by atoms with Gasteiger partial charge >= 0.3 is 19.8 Å². The average molecular weight is 846 g/mol. The molecule has 0 saturated heterocycles. The molecule has 0 aromatic carbocycles. The van der Waals surface area contributed by atoms with Gasteiger partial charge in [0.15, 0.2) is 6.10 Å². The molecule has 0 aromatic rings. The van der Waals surface area contributed by atoms with Crippen molar-refractivity contribution in [1.29, 1.82) is 0 Å². The number of hydrogen-bond acceptors (Lipinski definition) is 8. The topological polar surface area (TPSA) is 112 Å². The quantitative estimate of drug-likeness (QED) is 0.0278. The molecule has 9 nitrogen and oxygen atoms in total. The maximum absolute atomic E-state index is 12.7. The van der Waals surface area contributed by atoms with Crippen molar-refractivity contribution in [3.05, 3.63) is 85.1 Å². The Morgan fingerprint density at radius 3 is 1.46 bits per heavy atom. The number of nitrogens with zero attached hydrogens (tertiary/aromatic N) is 1. The number of rotatable bonds is 41. The van der Waals surface area contributed by atoms with Crippen molar-refractivity contribution in [3.8, 4) is 0 Å². The lowest BCUT2D eigenvalue weighted by atomic mass is 10.1. The first-order valence-electron chi connectivity index (χ1n) is 22.9. The fourth-order valence-corrected chi connectivity index (χ4v) is 6.43. The Balaban J connectivity index is 4.36. The number of likely N-dealkylation sites (N-methyl/N-ethyl adjacent to an activating group) is 1. The lowest BCUT2D eigenvalue weighted by Gasteiger charge is -2.20. The third-order valence-corrected chi connectivity index (χ3v) is 10.2. The highest BCUT2D eigenvalue weighted by Crippen LogP contribution is 2.43. The van der Waals surface area contributed by atoms with Crippen molar-refractivity contribution in [2.45, 2.75) is 174 Å². The molecule has 10 heteroatoms. The third-order valence-electron chi connectivity index (χ3n) is 9.19. The lowest BCUT2D eigenvalue weighted by Crippen LogP contribution is -2.29. The van der Waals surface area contributed by atoms with Gasteiger partial charge in [0.05, 0.1) is 13.2 Å². The number of phosphoric ester groups is 1. The minimum Gasteiger partial charge on any atom is -0.462 e. The monoisotopic (exact) mass is 846 g/mol. The molecule has 0 heterocycles. The Hall–Kier alpha value is -2.81. The summed E-state index contributed by atoms with van der Waals surface area (Å²) in [6.45, 7) is 4.12. The molecule has 1 N–H and O–H groups in total. The van der Waals surface area contributed by atoms with E-state index in [9.17, 15) is 19.0 Å². The molecule has 0 bridgehead atoms. The number of phosphoric acid groups is 1. The summed E-state index contributed by atoms with van der Waals surface area (Å²) in [6.07, 6.45) is 53.4. The second-order valence-electron chi connectivity index (χ2n) is 15.2. The van der Waals surface area contributed by atoms with E-state index in [2.05, 4.69) is 98.9 Å². The first kappa shape index (κ1) is 56.2. The first-order valence-corrected chi connectivity index (χ1v) is 24.4. The van der Waals surface area contributed by atoms with Gasteiger partial charge in [-0.15, -0.1) is 0 Å². The highest BCUT2D eigenvalue weighted by atomic mass is 31.2. The predicted molar refractivity (Wildman–Crippen MR) is 247 cm³/mol. The molecule has 0 saturated carbocycles. The second kappa shape index (κ2) is 43.3. The highest BCUT2D eigenvalue weighted by Gasteiger charge is 2.26. The molecule has 59 heavy (non-hydrogen) atoms. The van der Waals surface area contributed by atoms with Crippen LogP contribution in [0.25, 0.3) is 0 Å². The Morgan fingerprint density at radius 1 is 0.542 bits per heavy atom. The molecule has 2 atom stereocenters. The standard InChI is InChI=1S/C49H84NO8P/c1-5-7-9-11-13-15-17-19-21-23-24-26-27-29-31-33-35-37-39-41-48(51)55-45-47(46-57-59(53,54)56-44-43-50(3)4)58-49(52)42-40-38-36-34-32-30-28-25-22-20-18-16-14-12-10-8-6-2/h7,9,13-16,19-22,24,26,29,31,47H,5-6,8,10-12,17-18,23,25,27-28,30,32-46H2,1-4H3,(H,53,54)/b9-7-,15-13-,16-14-,21-19-,22-20-,26-24-,31-29-. The third kappa shape index (κ3) is 44.6. The summed E-state index contributed by atoms with van der Waals surface area (Å²) in [5.41, 5.74) is 0. The first-order chi connectivity index (χ1) is 28.7. The molecule has 338 valence electrons. The summed E-state index contributed by atoms with van der Waals surface area (Å²) in [6, 6.07) is 0. The maximum Gasteiger partial charge on any atom is 0.472 e. The smallest absolute Gasteiger partial charge is 0.462 e. The van der Waals surface area contributed by atoms with E-state index < -0.39 is 32.5 Å². The van der Waals surface area contributed by atoms with Crippen molar-refractivity contribution in [1.82, 2.24) is 4.90 Å². The summed E-state index contributed by atoms with van der Waals surface area (Å²) in [5.74, 6) is -0.856. The summed E-state index contributed by atoms with van der Waals surface area (Å²) in [5, 5.41) is 0. The van der Waals surface area contributed by atoms with Crippen LogP contribution in [0, 0.1) is 0 Å². The Bertz CT molecular complexity index is 1250. The fourth-order valence-electron chi connectivity index (χ4n) is 5.68. The SMILES string of the molecule is CC/C=C\C/C=C\C/C=C\C/C=C\C/C=C\CCCCCC(=O)OCC(COP(=O)(O)OCCN(C)C)OC(=O)CCCCCCCCC/C=C\C/C=C\CCCCC. The van der Waals surface area contributed by atoms with E-state index in [1.807, 2.05) is 19.0 Å². The number of carbonyl (C=O) groups excluding carboxylic acids is 2. The van der Waals surface area contributed by atoms with E-state index >= 15 is 0 Å². The van der Waals surface area contributed by atoms with Crippen LogP contribution in [0.1, 0.15) is 168 Å². The minimum absolute atomic E-state index is 0.00449. The Kier molecular flexibility index (Phi) is 41.2. The molecular weight excluding hydrogens is 762 g/mol. The number of allylic oxidation sites excluding steroid dienone is 14. The maximum atomic E-state index is 12.7. The van der Waals surface area contributed by atoms with Crippen LogP contribution < -0.4 is 0 Å². The zero-order valence-electron chi connectivity index (χ0n) is 37.7. The zero-order chi connectivity index (χ0) is 43.3. The molecule has 0 radical (unpaired) electrons. The summed E-state index contributed by atoms with van der Waals surface area (Å²) in [4.78, 5) is 37.1. The van der Waals surface area contributed by atoms with Crippen molar-refractivity contribution < 1.29 is 37.6 Å². The number of hydrogen-bond donors (Lipinski definition) is 1. The summed E-state index contributed by atoms with van der Waals surface area (Å²) < 4.78 is 33.5. The fraction of sp³-hybridized carbons (Fsp3) is 0.673. The Labute approximate surface area is 360 Å². The summed E-state index contributed by atoms with van der Waals surface area (Å²) >= 11 is 0. The minimum atomic E-state index is -4.38. The molecule has 0 aliphatic carbocycles. The van der Waals surface area contributed by atoms with Crippen LogP contribution in [-0.2, 0) is 32.7 Å². The second-order valence-corrected chi connectivity index (χ2v) is 16.6. The van der Waals surface area contributed by atoms with E-state index in [0.29, 0.717) is 19.4 Å². The van der Waals surface area contributed by atoms with Gasteiger partial charge in [-0.1, -0.05) is 150 Å². The predicted octanol–water partition coefficient (Wildman–Crippen LogP) is 13.4. The van der Waals surface area contributed by atoms with Gasteiger partial charge < -0.3 is 19.3 Å². The van der Waals surface area contributed by atoms with Crippen LogP contribution in [0.3, 0.4) is 0 Å². The average Bonchev–Trinajstić information content (AvgIpc) is 3.20. The van der Waals surface area contributed by atoms with E-state index in [-0.39, 0.29) is 26.1 Å². The number of unbranched alkanes of at least 4 members (excludes halogenated alkanes) is 13. The molecule has 0 aliphatic heterocycles. The molecular formula is C49H84NO8P. The van der Waals surface area contributed by atoms with Crippen LogP contribution in [0.5, 0.6) is 0 Å². The van der Waals surface area contributed by atoms with Gasteiger partial charge in [0.2, 0.25) is 0 Å². The lowest BCUT2D eigenvalue weighted by molar-refractivity contribution is -0.161. The molecule has 2 unspecified atom stereocenters. The van der Waals surface area contributed by atoms with Gasteiger partial charge in [-0.3, -0.25) is 18.6 Å². The van der Waals surface area contributed by atoms with Crippen molar-refractivity contribution >= 4 is 19.8 Å². The van der Waals surface area contributed by atoms with Gasteiger partial charge in [0.25, 0.3) is 0 Å². The van der Waals surface area contributed by atoms with E-state index in [4.69, 9.17) is 18.5 Å². The van der Waals surface area contributed by atoms with Crippen molar-refractivity contribution in [3.63, 3.8) is 0 Å². The van der Waals surface area contributed by atoms with Crippen LogP contribution in [-0.4, -0.2) is 68.3 Å². The molecule has 0 aliphatic rings. The zero-order valence-corrected chi connectivity index (χ0v) is 38.6. The highest BCUT2D eigenvalue weighted by molar-refractivity contribution is 7.47. The van der Waals surface area contributed by atoms with E-state index in [0.717, 1.165) is 83.5 Å². The van der Waals surface area contributed by atoms with E-state index in [1.54, 1.807) is 0 Å².